The second-order valence-corrected chi connectivity index (χ2v) is 10.3. The maximum Gasteiger partial charge on any atom is 0.147 e. The first-order chi connectivity index (χ1) is 18.3. The van der Waals surface area contributed by atoms with Crippen molar-refractivity contribution in [2.24, 2.45) is 0 Å². The summed E-state index contributed by atoms with van der Waals surface area (Å²) in [4.78, 5) is 5.14. The van der Waals surface area contributed by atoms with Gasteiger partial charge in [-0.1, -0.05) is 60.7 Å². The van der Waals surface area contributed by atoms with Crippen LogP contribution in [-0.4, -0.2) is 9.55 Å². The van der Waals surface area contributed by atoms with Crippen LogP contribution in [0.15, 0.2) is 126 Å². The fraction of sp³-hybridized carbons (Fsp3) is 0. The van der Waals surface area contributed by atoms with Gasteiger partial charge in [0.1, 0.15) is 17.2 Å². The molecule has 3 aromatic heterocycles. The summed E-state index contributed by atoms with van der Waals surface area (Å²) in [5, 5.41) is 3.68. The van der Waals surface area contributed by atoms with Gasteiger partial charge in [0.2, 0.25) is 0 Å². The van der Waals surface area contributed by atoms with Crippen molar-refractivity contribution < 1.29 is 4.42 Å². The van der Waals surface area contributed by atoms with E-state index in [9.17, 15) is 0 Å². The van der Waals surface area contributed by atoms with Crippen LogP contribution in [0.4, 0.5) is 0 Å². The fourth-order valence-electron chi connectivity index (χ4n) is 5.29. The molecule has 37 heavy (non-hydrogen) atoms. The van der Waals surface area contributed by atoms with Gasteiger partial charge in [-0.25, -0.2) is 4.98 Å². The van der Waals surface area contributed by atoms with Crippen molar-refractivity contribution in [1.29, 1.82) is 0 Å². The number of furan rings is 1. The maximum atomic E-state index is 6.11. The van der Waals surface area contributed by atoms with Crippen LogP contribution < -0.4 is 0 Å². The van der Waals surface area contributed by atoms with E-state index >= 15 is 0 Å². The Morgan fingerprint density at radius 1 is 0.676 bits per heavy atom. The fourth-order valence-corrected chi connectivity index (χ4v) is 6.50. The average Bonchev–Trinajstić information content (AvgIpc) is 3.66. The first kappa shape index (κ1) is 20.5. The number of hydrogen-bond donors (Lipinski definition) is 0. The molecule has 0 aliphatic rings. The predicted molar refractivity (Wildman–Crippen MR) is 155 cm³/mol. The first-order valence-electron chi connectivity index (χ1n) is 12.3. The highest BCUT2D eigenvalue weighted by Gasteiger charge is 2.18. The number of benzene rings is 5. The molecule has 8 rings (SSSR count). The Hall–Kier alpha value is -4.67. The molecule has 0 saturated carbocycles. The number of fused-ring (bicyclic) bond motifs is 5. The van der Waals surface area contributed by atoms with Crippen molar-refractivity contribution in [3.63, 3.8) is 0 Å². The molecule has 4 heteroatoms. The third-order valence-corrected chi connectivity index (χ3v) is 8.26. The van der Waals surface area contributed by atoms with E-state index in [2.05, 4.69) is 102 Å². The maximum absolute atomic E-state index is 6.11. The van der Waals surface area contributed by atoms with Crippen LogP contribution in [0.1, 0.15) is 0 Å². The van der Waals surface area contributed by atoms with Crippen LogP contribution in [0, 0.1) is 0 Å². The van der Waals surface area contributed by atoms with Crippen molar-refractivity contribution in [2.75, 3.05) is 0 Å². The molecular formula is C33H20N2OS. The smallest absolute Gasteiger partial charge is 0.147 e. The lowest BCUT2D eigenvalue weighted by Gasteiger charge is -2.11. The van der Waals surface area contributed by atoms with Gasteiger partial charge in [0.05, 0.1) is 11.0 Å². The lowest BCUT2D eigenvalue weighted by Crippen LogP contribution is -1.97. The highest BCUT2D eigenvalue weighted by molar-refractivity contribution is 7.26. The van der Waals surface area contributed by atoms with Crippen molar-refractivity contribution in [1.82, 2.24) is 9.55 Å². The van der Waals surface area contributed by atoms with Gasteiger partial charge in [-0.3, -0.25) is 4.57 Å². The molecular weight excluding hydrogens is 472 g/mol. The van der Waals surface area contributed by atoms with Crippen LogP contribution in [0.25, 0.3) is 70.6 Å². The Balaban J connectivity index is 1.33. The van der Waals surface area contributed by atoms with Crippen LogP contribution >= 0.6 is 11.3 Å². The Morgan fingerprint density at radius 3 is 2.38 bits per heavy atom. The molecule has 0 fully saturated rings. The van der Waals surface area contributed by atoms with Gasteiger partial charge in [-0.15, -0.1) is 11.3 Å². The summed E-state index contributed by atoms with van der Waals surface area (Å²) in [6, 6.07) is 42.3. The molecule has 0 aliphatic carbocycles. The largest absolute Gasteiger partial charge is 0.456 e. The molecule has 8 aromatic rings. The summed E-state index contributed by atoms with van der Waals surface area (Å²) in [7, 11) is 0. The minimum Gasteiger partial charge on any atom is -0.456 e. The van der Waals surface area contributed by atoms with E-state index in [1.54, 1.807) is 0 Å². The van der Waals surface area contributed by atoms with Crippen LogP contribution in [0.2, 0.25) is 0 Å². The standard InChI is InChI=1S/C33H20N2OS/c1-5-14-29-22(8-1)20-30(36-29)21-16-18-23(19-17-21)35-28-13-4-3-12-27(28)34-33(35)26-11-7-10-25-24-9-2-6-15-31(24)37-32(25)26/h1-20H. The van der Waals surface area contributed by atoms with Gasteiger partial charge < -0.3 is 4.42 Å². The molecule has 0 saturated heterocycles. The average molecular weight is 493 g/mol. The molecule has 3 nitrogen and oxygen atoms in total. The summed E-state index contributed by atoms with van der Waals surface area (Å²) < 4.78 is 10.9. The zero-order chi connectivity index (χ0) is 24.3. The Morgan fingerprint density at radius 2 is 1.46 bits per heavy atom. The number of nitrogens with zero attached hydrogens (tertiary/aromatic N) is 2. The van der Waals surface area contributed by atoms with E-state index in [1.807, 2.05) is 35.6 Å². The molecule has 0 amide bonds. The topological polar surface area (TPSA) is 31.0 Å². The van der Waals surface area contributed by atoms with E-state index in [0.29, 0.717) is 0 Å². The summed E-state index contributed by atoms with van der Waals surface area (Å²) in [5.74, 6) is 1.83. The first-order valence-corrected chi connectivity index (χ1v) is 13.1. The Bertz CT molecular complexity index is 2060. The highest BCUT2D eigenvalue weighted by atomic mass is 32.1. The van der Waals surface area contributed by atoms with Crippen molar-refractivity contribution in [2.45, 2.75) is 0 Å². The zero-order valence-electron chi connectivity index (χ0n) is 19.8. The Labute approximate surface area is 216 Å². The second-order valence-electron chi connectivity index (χ2n) is 9.24. The van der Waals surface area contributed by atoms with Crippen molar-refractivity contribution in [3.8, 4) is 28.4 Å². The van der Waals surface area contributed by atoms with Gasteiger partial charge in [0.25, 0.3) is 0 Å². The highest BCUT2D eigenvalue weighted by Crippen LogP contribution is 2.41. The van der Waals surface area contributed by atoms with E-state index in [0.717, 1.165) is 50.4 Å². The van der Waals surface area contributed by atoms with Crippen LogP contribution in [0.5, 0.6) is 0 Å². The molecule has 0 radical (unpaired) electrons. The van der Waals surface area contributed by atoms with Crippen LogP contribution in [0.3, 0.4) is 0 Å². The lowest BCUT2D eigenvalue weighted by atomic mass is 10.1. The van der Waals surface area contributed by atoms with Gasteiger partial charge in [0.15, 0.2) is 0 Å². The van der Waals surface area contributed by atoms with Gasteiger partial charge in [-0.2, -0.15) is 0 Å². The van der Waals surface area contributed by atoms with Crippen molar-refractivity contribution >= 4 is 53.5 Å². The second kappa shape index (κ2) is 7.92. The predicted octanol–water partition coefficient (Wildman–Crippen LogP) is 9.47. The number of aromatic nitrogens is 2. The van der Waals surface area contributed by atoms with E-state index in [4.69, 9.17) is 9.40 Å². The molecule has 0 aliphatic heterocycles. The summed E-state index contributed by atoms with van der Waals surface area (Å²) in [6.07, 6.45) is 0. The van der Waals surface area contributed by atoms with E-state index in [1.165, 1.54) is 20.2 Å². The number of para-hydroxylation sites is 3. The molecule has 0 unspecified atom stereocenters. The van der Waals surface area contributed by atoms with Crippen molar-refractivity contribution in [3.05, 3.63) is 121 Å². The third kappa shape index (κ3) is 3.16. The quantitative estimate of drug-likeness (QED) is 0.246. The molecule has 5 aromatic carbocycles. The normalized spacial score (nSPS) is 11.8. The van der Waals surface area contributed by atoms with Gasteiger partial charge in [-0.05, 0) is 60.7 Å². The van der Waals surface area contributed by atoms with Crippen LogP contribution in [-0.2, 0) is 0 Å². The van der Waals surface area contributed by atoms with E-state index < -0.39 is 0 Å². The molecule has 0 bridgehead atoms. The minimum atomic E-state index is 0.874. The molecule has 0 atom stereocenters. The number of thiophene rings is 1. The number of rotatable bonds is 3. The summed E-state index contributed by atoms with van der Waals surface area (Å²) in [5.41, 5.74) is 6.25. The SMILES string of the molecule is c1ccc2oc(-c3ccc(-n4c(-c5cccc6c5sc5ccccc56)nc5ccccc54)cc3)cc2c1. The van der Waals surface area contributed by atoms with E-state index in [-0.39, 0.29) is 0 Å². The van der Waals surface area contributed by atoms with Gasteiger partial charge >= 0.3 is 0 Å². The monoisotopic (exact) mass is 492 g/mol. The number of imidazole rings is 1. The molecule has 0 spiro atoms. The van der Waals surface area contributed by atoms with Gasteiger partial charge in [0, 0.05) is 42.4 Å². The zero-order valence-corrected chi connectivity index (χ0v) is 20.6. The third-order valence-electron chi connectivity index (χ3n) is 7.04. The number of hydrogen-bond acceptors (Lipinski definition) is 3. The summed E-state index contributed by atoms with van der Waals surface area (Å²) >= 11 is 1.83. The summed E-state index contributed by atoms with van der Waals surface area (Å²) in [6.45, 7) is 0. The Kier molecular flexibility index (Phi) is 4.39. The molecule has 3 heterocycles. The molecule has 174 valence electrons. The minimum absolute atomic E-state index is 0.874. The molecule has 0 N–H and O–H groups in total. The lowest BCUT2D eigenvalue weighted by molar-refractivity contribution is 0.631.